The van der Waals surface area contributed by atoms with Crippen molar-refractivity contribution >= 4 is 21.6 Å². The van der Waals surface area contributed by atoms with Gasteiger partial charge in [-0.1, -0.05) is 12.1 Å². The third kappa shape index (κ3) is 3.99. The summed E-state index contributed by atoms with van der Waals surface area (Å²) in [5, 5.41) is 9.93. The van der Waals surface area contributed by atoms with Crippen LogP contribution in [0.4, 0.5) is 5.82 Å². The van der Waals surface area contributed by atoms with E-state index in [0.29, 0.717) is 0 Å². The molecule has 8 heteroatoms. The highest BCUT2D eigenvalue weighted by atomic mass is 32.2. The van der Waals surface area contributed by atoms with Gasteiger partial charge >= 0.3 is 0 Å². The summed E-state index contributed by atoms with van der Waals surface area (Å²) in [4.78, 5) is 12.0. The Morgan fingerprint density at radius 2 is 1.81 bits per heavy atom. The van der Waals surface area contributed by atoms with Gasteiger partial charge in [0.1, 0.15) is 5.82 Å². The number of nitrogen functional groups attached to an aromatic ring is 1. The van der Waals surface area contributed by atoms with Crippen molar-refractivity contribution in [3.05, 3.63) is 47.7 Å². The third-order valence-corrected chi connectivity index (χ3v) is 3.85. The van der Waals surface area contributed by atoms with Crippen LogP contribution in [-0.4, -0.2) is 30.8 Å². The van der Waals surface area contributed by atoms with Crippen LogP contribution in [0.15, 0.2) is 41.3 Å². The molecule has 0 atom stereocenters. The number of carbonyl (C=O) groups excluding carboxylic acids is 1. The number of nitrogens with zero attached hydrogens (tertiary/aromatic N) is 2. The Morgan fingerprint density at radius 3 is 2.33 bits per heavy atom. The number of anilines is 1. The van der Waals surface area contributed by atoms with Crippen molar-refractivity contribution < 1.29 is 13.2 Å². The SMILES string of the molecule is CS(=O)(=O)c1ccc(CNC(=O)c2ccc(N)nn2)cc1. The van der Waals surface area contributed by atoms with E-state index < -0.39 is 9.84 Å². The normalized spacial score (nSPS) is 11.1. The molecule has 0 unspecified atom stereocenters. The molecule has 0 bridgehead atoms. The fourth-order valence-electron chi connectivity index (χ4n) is 1.59. The van der Waals surface area contributed by atoms with Crippen molar-refractivity contribution in [1.82, 2.24) is 15.5 Å². The van der Waals surface area contributed by atoms with Gasteiger partial charge in [0.15, 0.2) is 15.5 Å². The number of benzene rings is 1. The standard InChI is InChI=1S/C13H14N4O3S/c1-21(19,20)10-4-2-9(3-5-10)8-15-13(18)11-6-7-12(14)17-16-11/h2-7H,8H2,1H3,(H2,14,17)(H,15,18). The second kappa shape index (κ2) is 5.88. The molecule has 1 aromatic carbocycles. The number of hydrogen-bond donors (Lipinski definition) is 2. The number of rotatable bonds is 4. The predicted octanol–water partition coefficient (Wildman–Crippen LogP) is 0.392. The minimum Gasteiger partial charge on any atom is -0.382 e. The van der Waals surface area contributed by atoms with Crippen LogP contribution in [0.25, 0.3) is 0 Å². The summed E-state index contributed by atoms with van der Waals surface area (Å²) in [6.45, 7) is 0.259. The lowest BCUT2D eigenvalue weighted by Gasteiger charge is -2.05. The van der Waals surface area contributed by atoms with E-state index in [1.807, 2.05) is 0 Å². The van der Waals surface area contributed by atoms with Crippen molar-refractivity contribution in [1.29, 1.82) is 0 Å². The molecule has 0 fully saturated rings. The molecule has 0 saturated carbocycles. The van der Waals surface area contributed by atoms with E-state index in [0.717, 1.165) is 11.8 Å². The van der Waals surface area contributed by atoms with Crippen LogP contribution < -0.4 is 11.1 Å². The maximum Gasteiger partial charge on any atom is 0.272 e. The average molecular weight is 306 g/mol. The van der Waals surface area contributed by atoms with Gasteiger partial charge in [-0.2, -0.15) is 0 Å². The van der Waals surface area contributed by atoms with Crippen molar-refractivity contribution in [3.63, 3.8) is 0 Å². The van der Waals surface area contributed by atoms with E-state index in [1.165, 1.54) is 24.3 Å². The Balaban J connectivity index is 2.00. The molecule has 0 spiro atoms. The Morgan fingerprint density at radius 1 is 1.14 bits per heavy atom. The van der Waals surface area contributed by atoms with Crippen LogP contribution in [0, 0.1) is 0 Å². The highest BCUT2D eigenvalue weighted by Crippen LogP contribution is 2.10. The molecule has 0 aliphatic carbocycles. The maximum atomic E-state index is 11.8. The molecule has 1 aromatic heterocycles. The van der Waals surface area contributed by atoms with Crippen molar-refractivity contribution in [2.45, 2.75) is 11.4 Å². The molecule has 7 nitrogen and oxygen atoms in total. The first-order valence-electron chi connectivity index (χ1n) is 6.02. The molecule has 0 saturated heterocycles. The minimum atomic E-state index is -3.22. The molecule has 1 amide bonds. The third-order valence-electron chi connectivity index (χ3n) is 2.72. The van der Waals surface area contributed by atoms with Gasteiger partial charge < -0.3 is 11.1 Å². The zero-order chi connectivity index (χ0) is 15.5. The Labute approximate surface area is 122 Å². The van der Waals surface area contributed by atoms with Gasteiger partial charge in [0, 0.05) is 12.8 Å². The zero-order valence-electron chi connectivity index (χ0n) is 11.3. The lowest BCUT2D eigenvalue weighted by molar-refractivity contribution is 0.0945. The largest absolute Gasteiger partial charge is 0.382 e. The topological polar surface area (TPSA) is 115 Å². The number of nitrogens with one attached hydrogen (secondary N) is 1. The smallest absolute Gasteiger partial charge is 0.272 e. The highest BCUT2D eigenvalue weighted by Gasteiger charge is 2.09. The molecule has 0 aliphatic heterocycles. The first-order chi connectivity index (χ1) is 9.86. The van der Waals surface area contributed by atoms with Crippen LogP contribution in [0.3, 0.4) is 0 Å². The molecule has 2 rings (SSSR count). The van der Waals surface area contributed by atoms with Crippen molar-refractivity contribution in [3.8, 4) is 0 Å². The van der Waals surface area contributed by atoms with Crippen LogP contribution in [0.2, 0.25) is 0 Å². The molecular weight excluding hydrogens is 292 g/mol. The molecule has 1 heterocycles. The Bertz CT molecular complexity index is 740. The Hall–Kier alpha value is -2.48. The predicted molar refractivity (Wildman–Crippen MR) is 77.2 cm³/mol. The molecule has 3 N–H and O–H groups in total. The summed E-state index contributed by atoms with van der Waals surface area (Å²) >= 11 is 0. The number of hydrogen-bond acceptors (Lipinski definition) is 6. The average Bonchev–Trinajstić information content (AvgIpc) is 2.45. The summed E-state index contributed by atoms with van der Waals surface area (Å²) in [7, 11) is -3.22. The maximum absolute atomic E-state index is 11.8. The van der Waals surface area contributed by atoms with E-state index in [4.69, 9.17) is 5.73 Å². The van der Waals surface area contributed by atoms with E-state index in [1.54, 1.807) is 12.1 Å². The molecule has 0 aliphatic rings. The van der Waals surface area contributed by atoms with Gasteiger partial charge in [-0.25, -0.2) is 8.42 Å². The van der Waals surface area contributed by atoms with Gasteiger partial charge in [0.25, 0.3) is 5.91 Å². The minimum absolute atomic E-state index is 0.164. The summed E-state index contributed by atoms with van der Waals surface area (Å²) in [5.41, 5.74) is 6.33. The Kier molecular flexibility index (Phi) is 4.18. The summed E-state index contributed by atoms with van der Waals surface area (Å²) in [6.07, 6.45) is 1.14. The second-order valence-corrected chi connectivity index (χ2v) is 6.46. The summed E-state index contributed by atoms with van der Waals surface area (Å²) in [5.74, 6) is -0.141. The number of sulfone groups is 1. The van der Waals surface area contributed by atoms with Crippen LogP contribution in [-0.2, 0) is 16.4 Å². The fourth-order valence-corrected chi connectivity index (χ4v) is 2.22. The van der Waals surface area contributed by atoms with E-state index in [-0.39, 0.29) is 28.9 Å². The fraction of sp³-hybridized carbons (Fsp3) is 0.154. The van der Waals surface area contributed by atoms with E-state index >= 15 is 0 Å². The first-order valence-corrected chi connectivity index (χ1v) is 7.92. The quantitative estimate of drug-likeness (QED) is 0.844. The lowest BCUT2D eigenvalue weighted by Crippen LogP contribution is -2.24. The van der Waals surface area contributed by atoms with Gasteiger partial charge in [-0.15, -0.1) is 10.2 Å². The van der Waals surface area contributed by atoms with Crippen molar-refractivity contribution in [2.75, 3.05) is 12.0 Å². The molecular formula is C13H14N4O3S. The highest BCUT2D eigenvalue weighted by molar-refractivity contribution is 7.90. The van der Waals surface area contributed by atoms with Crippen LogP contribution in [0.1, 0.15) is 16.1 Å². The summed E-state index contributed by atoms with van der Waals surface area (Å²) in [6, 6.07) is 9.25. The van der Waals surface area contributed by atoms with Crippen LogP contribution >= 0.6 is 0 Å². The van der Waals surface area contributed by atoms with E-state index in [2.05, 4.69) is 15.5 Å². The summed E-state index contributed by atoms with van der Waals surface area (Å²) < 4.78 is 22.7. The lowest BCUT2D eigenvalue weighted by atomic mass is 10.2. The van der Waals surface area contributed by atoms with Crippen LogP contribution in [0.5, 0.6) is 0 Å². The first kappa shape index (κ1) is 14.9. The molecule has 21 heavy (non-hydrogen) atoms. The second-order valence-electron chi connectivity index (χ2n) is 4.44. The van der Waals surface area contributed by atoms with Crippen molar-refractivity contribution in [2.24, 2.45) is 0 Å². The number of amides is 1. The van der Waals surface area contributed by atoms with Gasteiger partial charge in [0.2, 0.25) is 0 Å². The molecule has 0 radical (unpaired) electrons. The van der Waals surface area contributed by atoms with Gasteiger partial charge in [-0.3, -0.25) is 4.79 Å². The number of nitrogens with two attached hydrogens (primary N) is 1. The zero-order valence-corrected chi connectivity index (χ0v) is 12.1. The van der Waals surface area contributed by atoms with Gasteiger partial charge in [-0.05, 0) is 29.8 Å². The number of aromatic nitrogens is 2. The molecule has 2 aromatic rings. The van der Waals surface area contributed by atoms with E-state index in [9.17, 15) is 13.2 Å². The number of carbonyl (C=O) groups is 1. The van der Waals surface area contributed by atoms with Gasteiger partial charge in [0.05, 0.1) is 4.90 Å². The monoisotopic (exact) mass is 306 g/mol. The molecule has 110 valence electrons.